The van der Waals surface area contributed by atoms with E-state index in [4.69, 9.17) is 0 Å². The minimum atomic E-state index is -3.03. The number of para-hydroxylation sites is 1. The van der Waals surface area contributed by atoms with Crippen LogP contribution >= 0.6 is 0 Å². The van der Waals surface area contributed by atoms with Gasteiger partial charge in [0.2, 0.25) is 0 Å². The standard InChI is InChI=1S/C19H22N2O3S/c1-2-21(16-12-13-25(23,24)14-16)19(22)20-18-11-7-6-10-17(18)15-8-4-3-5-9-15/h3-11,16H,2,12-14H2,1H3,(H,20,22). The van der Waals surface area contributed by atoms with Crippen molar-refractivity contribution in [3.8, 4) is 11.1 Å². The molecule has 1 fully saturated rings. The highest BCUT2D eigenvalue weighted by molar-refractivity contribution is 7.91. The number of anilines is 1. The van der Waals surface area contributed by atoms with Gasteiger partial charge in [-0.25, -0.2) is 13.2 Å². The second kappa shape index (κ2) is 7.27. The van der Waals surface area contributed by atoms with Crippen molar-refractivity contribution in [3.63, 3.8) is 0 Å². The van der Waals surface area contributed by atoms with Crippen LogP contribution in [0.25, 0.3) is 11.1 Å². The molecule has 5 nitrogen and oxygen atoms in total. The quantitative estimate of drug-likeness (QED) is 0.911. The molecule has 1 saturated heterocycles. The third-order valence-corrected chi connectivity index (χ3v) is 6.25. The van der Waals surface area contributed by atoms with Gasteiger partial charge >= 0.3 is 6.03 Å². The van der Waals surface area contributed by atoms with Gasteiger partial charge in [0.1, 0.15) is 0 Å². The number of benzene rings is 2. The van der Waals surface area contributed by atoms with Crippen LogP contribution in [0.4, 0.5) is 10.5 Å². The Bertz CT molecular complexity index is 850. The predicted molar refractivity (Wildman–Crippen MR) is 100 cm³/mol. The summed E-state index contributed by atoms with van der Waals surface area (Å²) >= 11 is 0. The zero-order valence-electron chi connectivity index (χ0n) is 14.2. The smallest absolute Gasteiger partial charge is 0.321 e. The summed E-state index contributed by atoms with van der Waals surface area (Å²) in [4.78, 5) is 14.4. The Kier molecular flexibility index (Phi) is 5.08. The van der Waals surface area contributed by atoms with Crippen molar-refractivity contribution >= 4 is 21.6 Å². The fourth-order valence-corrected chi connectivity index (χ4v) is 4.97. The molecule has 6 heteroatoms. The Labute approximate surface area is 148 Å². The maximum absolute atomic E-state index is 12.7. The molecule has 0 saturated carbocycles. The zero-order chi connectivity index (χ0) is 17.9. The molecule has 132 valence electrons. The number of nitrogens with one attached hydrogen (secondary N) is 1. The summed E-state index contributed by atoms with van der Waals surface area (Å²) < 4.78 is 23.4. The predicted octanol–water partition coefficient (Wildman–Crippen LogP) is 3.39. The minimum absolute atomic E-state index is 0.0502. The van der Waals surface area contributed by atoms with Crippen LogP contribution in [0.1, 0.15) is 13.3 Å². The highest BCUT2D eigenvalue weighted by atomic mass is 32.2. The molecule has 1 aliphatic rings. The highest BCUT2D eigenvalue weighted by Gasteiger charge is 2.34. The Morgan fingerprint density at radius 2 is 1.80 bits per heavy atom. The van der Waals surface area contributed by atoms with Gasteiger partial charge in [-0.05, 0) is 25.0 Å². The molecule has 1 heterocycles. The van der Waals surface area contributed by atoms with E-state index in [1.807, 2.05) is 61.5 Å². The maximum Gasteiger partial charge on any atom is 0.322 e. The van der Waals surface area contributed by atoms with Gasteiger partial charge in [0.25, 0.3) is 0 Å². The topological polar surface area (TPSA) is 66.5 Å². The number of carbonyl (C=O) groups is 1. The lowest BCUT2D eigenvalue weighted by molar-refractivity contribution is 0.198. The van der Waals surface area contributed by atoms with Crippen LogP contribution in [0.3, 0.4) is 0 Å². The first-order valence-corrected chi connectivity index (χ1v) is 10.2. The number of amides is 2. The second-order valence-corrected chi connectivity index (χ2v) is 8.41. The van der Waals surface area contributed by atoms with Crippen LogP contribution in [0, 0.1) is 0 Å². The summed E-state index contributed by atoms with van der Waals surface area (Å²) in [7, 11) is -3.03. The van der Waals surface area contributed by atoms with Gasteiger partial charge < -0.3 is 10.2 Å². The van der Waals surface area contributed by atoms with Gasteiger partial charge in [-0.1, -0.05) is 48.5 Å². The van der Waals surface area contributed by atoms with Crippen LogP contribution < -0.4 is 5.32 Å². The van der Waals surface area contributed by atoms with E-state index in [0.717, 1.165) is 16.8 Å². The van der Waals surface area contributed by atoms with E-state index in [2.05, 4.69) is 5.32 Å². The molecule has 0 spiro atoms. The summed E-state index contributed by atoms with van der Waals surface area (Å²) in [6.45, 7) is 2.34. The first kappa shape index (κ1) is 17.5. The largest absolute Gasteiger partial charge is 0.322 e. The van der Waals surface area contributed by atoms with Gasteiger partial charge in [-0.2, -0.15) is 0 Å². The van der Waals surface area contributed by atoms with Crippen molar-refractivity contribution in [2.24, 2.45) is 0 Å². The van der Waals surface area contributed by atoms with Gasteiger partial charge in [-0.3, -0.25) is 0 Å². The van der Waals surface area contributed by atoms with Crippen LogP contribution in [-0.2, 0) is 9.84 Å². The summed E-state index contributed by atoms with van der Waals surface area (Å²) in [5.41, 5.74) is 2.68. The molecular formula is C19H22N2O3S. The molecule has 0 aliphatic carbocycles. The number of hydrogen-bond donors (Lipinski definition) is 1. The van der Waals surface area contributed by atoms with Crippen LogP contribution in [0.15, 0.2) is 54.6 Å². The fourth-order valence-electron chi connectivity index (χ4n) is 3.24. The average Bonchev–Trinajstić information content (AvgIpc) is 2.96. The fraction of sp³-hybridized carbons (Fsp3) is 0.316. The average molecular weight is 358 g/mol. The molecule has 0 radical (unpaired) electrons. The molecule has 1 unspecified atom stereocenters. The number of urea groups is 1. The molecule has 1 N–H and O–H groups in total. The zero-order valence-corrected chi connectivity index (χ0v) is 15.0. The molecule has 1 atom stereocenters. The lowest BCUT2D eigenvalue weighted by Gasteiger charge is -2.27. The lowest BCUT2D eigenvalue weighted by Crippen LogP contribution is -2.43. The summed E-state index contributed by atoms with van der Waals surface area (Å²) in [5, 5.41) is 2.96. The van der Waals surface area contributed by atoms with Gasteiger partial charge in [0.15, 0.2) is 9.84 Å². The van der Waals surface area contributed by atoms with Crippen molar-refractivity contribution in [1.29, 1.82) is 0 Å². The Morgan fingerprint density at radius 3 is 2.44 bits per heavy atom. The Morgan fingerprint density at radius 1 is 1.12 bits per heavy atom. The van der Waals surface area contributed by atoms with Crippen LogP contribution in [0.5, 0.6) is 0 Å². The Hall–Kier alpha value is -2.34. The van der Waals surface area contributed by atoms with E-state index >= 15 is 0 Å². The van der Waals surface area contributed by atoms with E-state index in [9.17, 15) is 13.2 Å². The molecule has 25 heavy (non-hydrogen) atoms. The van der Waals surface area contributed by atoms with Gasteiger partial charge in [-0.15, -0.1) is 0 Å². The van der Waals surface area contributed by atoms with Crippen LogP contribution in [-0.4, -0.2) is 43.4 Å². The number of nitrogens with zero attached hydrogens (tertiary/aromatic N) is 1. The number of hydrogen-bond acceptors (Lipinski definition) is 3. The first-order chi connectivity index (χ1) is 12.0. The molecular weight excluding hydrogens is 336 g/mol. The first-order valence-electron chi connectivity index (χ1n) is 8.42. The molecule has 3 rings (SSSR count). The monoisotopic (exact) mass is 358 g/mol. The van der Waals surface area contributed by atoms with Crippen LogP contribution in [0.2, 0.25) is 0 Å². The summed E-state index contributed by atoms with van der Waals surface area (Å²) in [5.74, 6) is 0.205. The lowest BCUT2D eigenvalue weighted by atomic mass is 10.0. The third kappa shape index (κ3) is 4.02. The van der Waals surface area contributed by atoms with E-state index in [1.165, 1.54) is 0 Å². The van der Waals surface area contributed by atoms with E-state index in [1.54, 1.807) is 4.90 Å². The number of carbonyl (C=O) groups excluding carboxylic acids is 1. The molecule has 0 bridgehead atoms. The van der Waals surface area contributed by atoms with Crippen molar-refractivity contribution in [1.82, 2.24) is 4.90 Å². The molecule has 1 aliphatic heterocycles. The third-order valence-electron chi connectivity index (χ3n) is 4.50. The SMILES string of the molecule is CCN(C(=O)Nc1ccccc1-c1ccccc1)C1CCS(=O)(=O)C1. The van der Waals surface area contributed by atoms with Gasteiger partial charge in [0.05, 0.1) is 17.2 Å². The highest BCUT2D eigenvalue weighted by Crippen LogP contribution is 2.28. The van der Waals surface area contributed by atoms with Crippen molar-refractivity contribution in [2.45, 2.75) is 19.4 Å². The molecule has 2 aromatic carbocycles. The summed E-state index contributed by atoms with van der Waals surface area (Å²) in [6.07, 6.45) is 0.504. The molecule has 0 aromatic heterocycles. The van der Waals surface area contributed by atoms with E-state index < -0.39 is 9.84 Å². The summed E-state index contributed by atoms with van der Waals surface area (Å²) in [6, 6.07) is 17.0. The molecule has 2 amide bonds. The number of rotatable bonds is 4. The number of sulfone groups is 1. The normalized spacial score (nSPS) is 18.7. The second-order valence-electron chi connectivity index (χ2n) is 6.18. The van der Waals surface area contributed by atoms with Gasteiger partial charge in [0, 0.05) is 18.2 Å². The van der Waals surface area contributed by atoms with E-state index in [-0.39, 0.29) is 23.6 Å². The van der Waals surface area contributed by atoms with E-state index in [0.29, 0.717) is 13.0 Å². The molecule has 2 aromatic rings. The van der Waals surface area contributed by atoms with Crippen molar-refractivity contribution in [2.75, 3.05) is 23.4 Å². The minimum Gasteiger partial charge on any atom is -0.321 e. The Balaban J connectivity index is 1.81. The van der Waals surface area contributed by atoms with Crippen molar-refractivity contribution in [3.05, 3.63) is 54.6 Å². The maximum atomic E-state index is 12.7. The van der Waals surface area contributed by atoms with Crippen molar-refractivity contribution < 1.29 is 13.2 Å².